The summed E-state index contributed by atoms with van der Waals surface area (Å²) in [6.07, 6.45) is 3.79. The molecule has 0 saturated carbocycles. The van der Waals surface area contributed by atoms with E-state index in [2.05, 4.69) is 9.72 Å². The second kappa shape index (κ2) is 6.01. The van der Waals surface area contributed by atoms with Crippen LogP contribution in [0.5, 0.6) is 5.75 Å². The third-order valence-corrected chi connectivity index (χ3v) is 2.91. The average Bonchev–Trinajstić information content (AvgIpc) is 2.94. The number of nitrogens with zero attached hydrogens (tertiary/aromatic N) is 2. The number of benzene rings is 1. The molecular weight excluding hydrogens is 260 g/mol. The summed E-state index contributed by atoms with van der Waals surface area (Å²) >= 11 is 0. The van der Waals surface area contributed by atoms with Gasteiger partial charge in [-0.15, -0.1) is 0 Å². The number of hydrogen-bond acceptors (Lipinski definition) is 5. The normalized spacial score (nSPS) is 10.1. The summed E-state index contributed by atoms with van der Waals surface area (Å²) in [6, 6.07) is 5.03. The largest absolute Gasteiger partial charge is 0.496 e. The Morgan fingerprint density at radius 3 is 2.85 bits per heavy atom. The fraction of sp³-hybridized carbons (Fsp3) is 0.214. The molecule has 0 N–H and O–H groups in total. The van der Waals surface area contributed by atoms with Crippen molar-refractivity contribution in [1.82, 2.24) is 9.55 Å². The second-order valence-corrected chi connectivity index (χ2v) is 4.08. The Morgan fingerprint density at radius 2 is 2.20 bits per heavy atom. The van der Waals surface area contributed by atoms with E-state index in [0.717, 1.165) is 11.8 Å². The van der Waals surface area contributed by atoms with Crippen LogP contribution in [0.25, 0.3) is 0 Å². The molecule has 0 aliphatic carbocycles. The number of hydrogen-bond donors (Lipinski definition) is 0. The number of carbonyl (C=O) groups is 2. The molecule has 0 fully saturated rings. The summed E-state index contributed by atoms with van der Waals surface area (Å²) in [6.45, 7) is 0.429. The first-order valence-electron chi connectivity index (χ1n) is 5.90. The van der Waals surface area contributed by atoms with E-state index in [1.807, 2.05) is 0 Å². The van der Waals surface area contributed by atoms with Crippen LogP contribution in [0, 0.1) is 0 Å². The topological polar surface area (TPSA) is 70.4 Å². The summed E-state index contributed by atoms with van der Waals surface area (Å²) in [5.41, 5.74) is 1.72. The van der Waals surface area contributed by atoms with Crippen LogP contribution >= 0.6 is 0 Å². The Balaban J connectivity index is 2.32. The third kappa shape index (κ3) is 2.69. The third-order valence-electron chi connectivity index (χ3n) is 2.91. The van der Waals surface area contributed by atoms with Crippen LogP contribution in [0.15, 0.2) is 30.7 Å². The van der Waals surface area contributed by atoms with Gasteiger partial charge in [0.2, 0.25) is 0 Å². The predicted molar refractivity (Wildman–Crippen MR) is 71.1 cm³/mol. The van der Waals surface area contributed by atoms with Gasteiger partial charge < -0.3 is 14.0 Å². The Morgan fingerprint density at radius 1 is 1.40 bits per heavy atom. The van der Waals surface area contributed by atoms with Gasteiger partial charge in [-0.1, -0.05) is 6.07 Å². The molecule has 2 rings (SSSR count). The molecule has 104 valence electrons. The van der Waals surface area contributed by atoms with Crippen molar-refractivity contribution in [1.29, 1.82) is 0 Å². The summed E-state index contributed by atoms with van der Waals surface area (Å²) in [7, 11) is 2.85. The number of aromatic nitrogens is 2. The van der Waals surface area contributed by atoms with Crippen LogP contribution in [0.1, 0.15) is 26.4 Å². The van der Waals surface area contributed by atoms with Gasteiger partial charge in [-0.2, -0.15) is 0 Å². The number of aldehydes is 1. The van der Waals surface area contributed by atoms with E-state index >= 15 is 0 Å². The van der Waals surface area contributed by atoms with Crippen molar-refractivity contribution < 1.29 is 19.1 Å². The SMILES string of the molecule is COC(=O)c1ccc(Cn2cncc2C=O)c(OC)c1. The van der Waals surface area contributed by atoms with Crippen molar-refractivity contribution in [2.24, 2.45) is 0 Å². The van der Waals surface area contributed by atoms with E-state index in [0.29, 0.717) is 23.6 Å². The van der Waals surface area contributed by atoms with Crippen LogP contribution in [0.3, 0.4) is 0 Å². The number of methoxy groups -OCH3 is 2. The molecule has 0 atom stereocenters. The van der Waals surface area contributed by atoms with Gasteiger partial charge in [0.15, 0.2) is 6.29 Å². The fourth-order valence-corrected chi connectivity index (χ4v) is 1.86. The smallest absolute Gasteiger partial charge is 0.337 e. The Bertz CT molecular complexity index is 634. The zero-order valence-corrected chi connectivity index (χ0v) is 11.2. The van der Waals surface area contributed by atoms with Gasteiger partial charge in [-0.3, -0.25) is 4.79 Å². The fourth-order valence-electron chi connectivity index (χ4n) is 1.86. The van der Waals surface area contributed by atoms with Crippen molar-refractivity contribution in [3.63, 3.8) is 0 Å². The maximum Gasteiger partial charge on any atom is 0.337 e. The molecule has 20 heavy (non-hydrogen) atoms. The quantitative estimate of drug-likeness (QED) is 0.611. The molecular formula is C14H14N2O4. The highest BCUT2D eigenvalue weighted by molar-refractivity contribution is 5.89. The van der Waals surface area contributed by atoms with Crippen molar-refractivity contribution in [3.05, 3.63) is 47.5 Å². The first-order chi connectivity index (χ1) is 9.69. The minimum absolute atomic E-state index is 0.411. The highest BCUT2D eigenvalue weighted by atomic mass is 16.5. The zero-order valence-electron chi connectivity index (χ0n) is 11.2. The van der Waals surface area contributed by atoms with Crippen molar-refractivity contribution in [3.8, 4) is 5.75 Å². The van der Waals surface area contributed by atoms with Gasteiger partial charge >= 0.3 is 5.97 Å². The molecule has 0 bridgehead atoms. The van der Waals surface area contributed by atoms with Gasteiger partial charge in [0.05, 0.1) is 38.9 Å². The minimum atomic E-state index is -0.425. The predicted octanol–water partition coefficient (Wildman–Crippen LogP) is 1.54. The molecule has 0 amide bonds. The maximum absolute atomic E-state index is 11.5. The Hall–Kier alpha value is -2.63. The van der Waals surface area contributed by atoms with E-state index in [9.17, 15) is 9.59 Å². The average molecular weight is 274 g/mol. The molecule has 0 saturated heterocycles. The Labute approximate surface area is 116 Å². The molecule has 6 heteroatoms. The monoisotopic (exact) mass is 274 g/mol. The first kappa shape index (κ1) is 13.8. The molecule has 0 aliphatic heterocycles. The summed E-state index contributed by atoms with van der Waals surface area (Å²) in [5.74, 6) is 0.129. The first-order valence-corrected chi connectivity index (χ1v) is 5.90. The highest BCUT2D eigenvalue weighted by Crippen LogP contribution is 2.22. The van der Waals surface area contributed by atoms with Gasteiger partial charge in [0.1, 0.15) is 11.4 Å². The zero-order chi connectivity index (χ0) is 14.5. The molecule has 1 aromatic heterocycles. The lowest BCUT2D eigenvalue weighted by Gasteiger charge is -2.11. The van der Waals surface area contributed by atoms with Crippen LogP contribution in [0.4, 0.5) is 0 Å². The summed E-state index contributed by atoms with van der Waals surface area (Å²) in [4.78, 5) is 26.3. The molecule has 6 nitrogen and oxygen atoms in total. The van der Waals surface area contributed by atoms with Gasteiger partial charge in [-0.25, -0.2) is 9.78 Å². The van der Waals surface area contributed by atoms with Gasteiger partial charge in [-0.05, 0) is 12.1 Å². The van der Waals surface area contributed by atoms with Crippen molar-refractivity contribution in [2.45, 2.75) is 6.54 Å². The number of ether oxygens (including phenoxy) is 2. The maximum atomic E-state index is 11.5. The van der Waals surface area contributed by atoms with E-state index in [4.69, 9.17) is 4.74 Å². The standard InChI is InChI=1S/C14H14N2O4/c1-19-13-5-10(14(18)20-2)3-4-11(13)7-16-9-15-6-12(16)8-17/h3-6,8-9H,7H2,1-2H3. The number of esters is 1. The van der Waals surface area contributed by atoms with Crippen LogP contribution < -0.4 is 4.74 Å². The molecule has 0 unspecified atom stereocenters. The summed E-state index contributed by atoms with van der Waals surface area (Å²) < 4.78 is 11.6. The number of rotatable bonds is 5. The lowest BCUT2D eigenvalue weighted by molar-refractivity contribution is 0.0600. The molecule has 2 aromatic rings. The lowest BCUT2D eigenvalue weighted by atomic mass is 10.1. The van der Waals surface area contributed by atoms with Crippen molar-refractivity contribution in [2.75, 3.05) is 14.2 Å². The lowest BCUT2D eigenvalue weighted by Crippen LogP contribution is -2.06. The minimum Gasteiger partial charge on any atom is -0.496 e. The molecule has 1 aromatic carbocycles. The number of imidazole rings is 1. The molecule has 0 aliphatic rings. The van der Waals surface area contributed by atoms with E-state index in [-0.39, 0.29) is 0 Å². The highest BCUT2D eigenvalue weighted by Gasteiger charge is 2.11. The van der Waals surface area contributed by atoms with Crippen LogP contribution in [-0.4, -0.2) is 36.0 Å². The van der Waals surface area contributed by atoms with Crippen LogP contribution in [-0.2, 0) is 11.3 Å². The molecule has 0 spiro atoms. The van der Waals surface area contributed by atoms with E-state index < -0.39 is 5.97 Å². The summed E-state index contributed by atoms with van der Waals surface area (Å²) in [5, 5.41) is 0. The van der Waals surface area contributed by atoms with Crippen LogP contribution in [0.2, 0.25) is 0 Å². The van der Waals surface area contributed by atoms with E-state index in [1.54, 1.807) is 29.1 Å². The van der Waals surface area contributed by atoms with Gasteiger partial charge in [0.25, 0.3) is 0 Å². The molecule has 1 heterocycles. The van der Waals surface area contributed by atoms with Crippen molar-refractivity contribution >= 4 is 12.3 Å². The van der Waals surface area contributed by atoms with E-state index in [1.165, 1.54) is 20.4 Å². The second-order valence-electron chi connectivity index (χ2n) is 4.08. The Kier molecular flexibility index (Phi) is 4.14. The number of carbonyl (C=O) groups excluding carboxylic acids is 2. The molecule has 0 radical (unpaired) electrons. The van der Waals surface area contributed by atoms with Gasteiger partial charge in [0, 0.05) is 5.56 Å².